The number of benzene rings is 2. The van der Waals surface area contributed by atoms with Gasteiger partial charge in [-0.15, -0.1) is 0 Å². The summed E-state index contributed by atoms with van der Waals surface area (Å²) in [6.45, 7) is 9.26. The Kier molecular flexibility index (Phi) is 4.15. The van der Waals surface area contributed by atoms with Crippen molar-refractivity contribution in [1.82, 2.24) is 9.55 Å². The molecule has 132 valence electrons. The largest absolute Gasteiger partial charge is 0.441 e. The molecule has 0 aliphatic rings. The van der Waals surface area contributed by atoms with Gasteiger partial charge in [-0.3, -0.25) is 0 Å². The summed E-state index contributed by atoms with van der Waals surface area (Å²) in [5.41, 5.74) is 5.85. The third kappa shape index (κ3) is 2.94. The fourth-order valence-corrected chi connectivity index (χ4v) is 3.43. The van der Waals surface area contributed by atoms with Gasteiger partial charge in [-0.1, -0.05) is 44.2 Å². The highest BCUT2D eigenvalue weighted by Gasteiger charge is 2.14. The molecule has 0 bridgehead atoms. The van der Waals surface area contributed by atoms with Crippen LogP contribution >= 0.6 is 0 Å². The van der Waals surface area contributed by atoms with E-state index in [1.165, 1.54) is 22.0 Å². The fraction of sp³-hybridized carbons (Fsp3) is 0.261. The van der Waals surface area contributed by atoms with Crippen LogP contribution in [0.4, 0.5) is 0 Å². The zero-order chi connectivity index (χ0) is 18.3. The monoisotopic (exact) mass is 344 g/mol. The van der Waals surface area contributed by atoms with Crippen molar-refractivity contribution in [2.45, 2.75) is 40.2 Å². The molecule has 4 rings (SSSR count). The first-order valence-corrected chi connectivity index (χ1v) is 9.14. The van der Waals surface area contributed by atoms with E-state index in [0.717, 1.165) is 17.0 Å². The molecule has 26 heavy (non-hydrogen) atoms. The second-order valence-corrected chi connectivity index (χ2v) is 7.26. The molecule has 0 radical (unpaired) electrons. The Balaban J connectivity index is 1.66. The van der Waals surface area contributed by atoms with Crippen molar-refractivity contribution in [3.05, 3.63) is 77.3 Å². The number of hydrogen-bond acceptors (Lipinski definition) is 2. The Morgan fingerprint density at radius 1 is 1.00 bits per heavy atom. The van der Waals surface area contributed by atoms with Crippen LogP contribution < -0.4 is 0 Å². The first-order valence-electron chi connectivity index (χ1n) is 9.14. The molecule has 0 spiro atoms. The Morgan fingerprint density at radius 3 is 2.46 bits per heavy atom. The Bertz CT molecular complexity index is 1050. The van der Waals surface area contributed by atoms with E-state index in [1.807, 2.05) is 6.92 Å². The maximum absolute atomic E-state index is 5.97. The fourth-order valence-electron chi connectivity index (χ4n) is 3.43. The van der Waals surface area contributed by atoms with E-state index in [4.69, 9.17) is 9.40 Å². The van der Waals surface area contributed by atoms with Gasteiger partial charge in [0.15, 0.2) is 0 Å². The third-order valence-electron chi connectivity index (χ3n) is 5.02. The number of fused-ring (bicyclic) bond motifs is 1. The van der Waals surface area contributed by atoms with Crippen molar-refractivity contribution in [1.29, 1.82) is 0 Å². The first kappa shape index (κ1) is 16.6. The van der Waals surface area contributed by atoms with Gasteiger partial charge >= 0.3 is 0 Å². The van der Waals surface area contributed by atoms with Gasteiger partial charge in [0.2, 0.25) is 5.89 Å². The maximum atomic E-state index is 5.97. The lowest BCUT2D eigenvalue weighted by Crippen LogP contribution is -1.99. The number of aryl methyl sites for hydroxylation is 2. The van der Waals surface area contributed by atoms with Crippen molar-refractivity contribution in [3.8, 4) is 11.5 Å². The summed E-state index contributed by atoms with van der Waals surface area (Å²) in [6.07, 6.45) is 2.19. The van der Waals surface area contributed by atoms with Gasteiger partial charge in [0.25, 0.3) is 0 Å². The molecule has 0 aliphatic heterocycles. The zero-order valence-corrected chi connectivity index (χ0v) is 15.8. The summed E-state index contributed by atoms with van der Waals surface area (Å²) >= 11 is 0. The van der Waals surface area contributed by atoms with Gasteiger partial charge < -0.3 is 8.98 Å². The normalized spacial score (nSPS) is 11.6. The summed E-state index contributed by atoms with van der Waals surface area (Å²) in [6, 6.07) is 17.0. The summed E-state index contributed by atoms with van der Waals surface area (Å²) in [5, 5.41) is 1.29. The van der Waals surface area contributed by atoms with E-state index in [1.54, 1.807) is 0 Å². The minimum Gasteiger partial charge on any atom is -0.441 e. The second-order valence-electron chi connectivity index (χ2n) is 7.26. The maximum Gasteiger partial charge on any atom is 0.226 e. The minimum atomic E-state index is 0.524. The van der Waals surface area contributed by atoms with Gasteiger partial charge in [0, 0.05) is 22.7 Å². The molecule has 3 nitrogen and oxygen atoms in total. The Labute approximate surface area is 154 Å². The smallest absolute Gasteiger partial charge is 0.226 e. The van der Waals surface area contributed by atoms with E-state index in [-0.39, 0.29) is 0 Å². The molecule has 0 fully saturated rings. The predicted molar refractivity (Wildman–Crippen MR) is 107 cm³/mol. The molecule has 0 amide bonds. The molecule has 0 unspecified atom stereocenters. The van der Waals surface area contributed by atoms with Crippen LogP contribution in [-0.4, -0.2) is 9.55 Å². The topological polar surface area (TPSA) is 31.0 Å². The molecule has 0 aliphatic carbocycles. The summed E-state index contributed by atoms with van der Waals surface area (Å²) < 4.78 is 8.22. The van der Waals surface area contributed by atoms with Gasteiger partial charge in [0.05, 0.1) is 6.54 Å². The highest BCUT2D eigenvalue weighted by Crippen LogP contribution is 2.26. The second kappa shape index (κ2) is 6.49. The molecular formula is C23H24N2O. The molecule has 3 heteroatoms. The van der Waals surface area contributed by atoms with Crippen molar-refractivity contribution < 1.29 is 4.42 Å². The van der Waals surface area contributed by atoms with Crippen LogP contribution in [0, 0.1) is 13.8 Å². The first-order chi connectivity index (χ1) is 12.5. The Morgan fingerprint density at radius 2 is 1.73 bits per heavy atom. The lowest BCUT2D eigenvalue weighted by atomic mass is 10.0. The van der Waals surface area contributed by atoms with E-state index in [2.05, 4.69) is 80.1 Å². The van der Waals surface area contributed by atoms with Gasteiger partial charge in [-0.2, -0.15) is 0 Å². The lowest BCUT2D eigenvalue weighted by Gasteiger charge is -2.04. The highest BCUT2D eigenvalue weighted by atomic mass is 16.4. The summed E-state index contributed by atoms with van der Waals surface area (Å²) in [7, 11) is 0. The van der Waals surface area contributed by atoms with E-state index in [0.29, 0.717) is 18.4 Å². The highest BCUT2D eigenvalue weighted by molar-refractivity contribution is 5.83. The van der Waals surface area contributed by atoms with Crippen molar-refractivity contribution in [2.75, 3.05) is 0 Å². The van der Waals surface area contributed by atoms with Crippen LogP contribution in [0.2, 0.25) is 0 Å². The predicted octanol–water partition coefficient (Wildman–Crippen LogP) is 6.08. The summed E-state index contributed by atoms with van der Waals surface area (Å²) in [4.78, 5) is 4.78. The average Bonchev–Trinajstić information content (AvgIpc) is 3.16. The van der Waals surface area contributed by atoms with Gasteiger partial charge in [-0.25, -0.2) is 4.98 Å². The SMILES string of the molecule is Cc1oc(-c2ccc(C(C)C)cc2)nc1Cn1cc(C)c2ccccc21. The summed E-state index contributed by atoms with van der Waals surface area (Å²) in [5.74, 6) is 2.10. The number of aromatic nitrogens is 2. The van der Waals surface area contributed by atoms with Gasteiger partial charge in [-0.05, 0) is 49.1 Å². The molecule has 0 N–H and O–H groups in total. The number of para-hydroxylation sites is 1. The van der Waals surface area contributed by atoms with E-state index >= 15 is 0 Å². The van der Waals surface area contributed by atoms with Crippen LogP contribution in [0.3, 0.4) is 0 Å². The molecule has 0 saturated carbocycles. The average molecular weight is 344 g/mol. The van der Waals surface area contributed by atoms with Crippen LogP contribution in [-0.2, 0) is 6.54 Å². The van der Waals surface area contributed by atoms with Crippen LogP contribution in [0.5, 0.6) is 0 Å². The molecule has 2 heterocycles. The quantitative estimate of drug-likeness (QED) is 0.449. The van der Waals surface area contributed by atoms with Crippen molar-refractivity contribution >= 4 is 10.9 Å². The van der Waals surface area contributed by atoms with Gasteiger partial charge in [0.1, 0.15) is 11.5 Å². The Hall–Kier alpha value is -2.81. The molecule has 4 aromatic rings. The third-order valence-corrected chi connectivity index (χ3v) is 5.02. The molecule has 0 atom stereocenters. The minimum absolute atomic E-state index is 0.524. The van der Waals surface area contributed by atoms with E-state index in [9.17, 15) is 0 Å². The molecule has 2 aromatic heterocycles. The number of oxazole rings is 1. The molecule has 2 aromatic carbocycles. The molecule has 0 saturated heterocycles. The van der Waals surface area contributed by atoms with Crippen molar-refractivity contribution in [2.24, 2.45) is 0 Å². The number of nitrogens with zero attached hydrogens (tertiary/aromatic N) is 2. The standard InChI is InChI=1S/C23H24N2O/c1-15(2)18-9-11-19(12-10-18)23-24-21(17(4)26-23)14-25-13-16(3)20-7-5-6-8-22(20)25/h5-13,15H,14H2,1-4H3. The van der Waals surface area contributed by atoms with Crippen LogP contribution in [0.15, 0.2) is 59.1 Å². The van der Waals surface area contributed by atoms with Crippen LogP contribution in [0.1, 0.15) is 42.3 Å². The van der Waals surface area contributed by atoms with Crippen LogP contribution in [0.25, 0.3) is 22.4 Å². The lowest BCUT2D eigenvalue weighted by molar-refractivity contribution is 0.538. The molecular weight excluding hydrogens is 320 g/mol. The van der Waals surface area contributed by atoms with E-state index < -0.39 is 0 Å². The zero-order valence-electron chi connectivity index (χ0n) is 15.8. The number of hydrogen-bond donors (Lipinski definition) is 0. The van der Waals surface area contributed by atoms with Crippen molar-refractivity contribution in [3.63, 3.8) is 0 Å². The number of rotatable bonds is 4.